The first-order valence-electron chi connectivity index (χ1n) is 9.15. The van der Waals surface area contributed by atoms with Gasteiger partial charge in [0.15, 0.2) is 16.6 Å². The van der Waals surface area contributed by atoms with E-state index in [-0.39, 0.29) is 5.91 Å². The van der Waals surface area contributed by atoms with E-state index >= 15 is 0 Å². The number of hydrogen-bond acceptors (Lipinski definition) is 7. The normalized spacial score (nSPS) is 10.6. The molecule has 152 valence electrons. The van der Waals surface area contributed by atoms with E-state index in [0.717, 1.165) is 17.1 Å². The Labute approximate surface area is 182 Å². The molecule has 0 bridgehead atoms. The summed E-state index contributed by atoms with van der Waals surface area (Å²) in [6.45, 7) is 2.24. The van der Waals surface area contributed by atoms with Crippen LogP contribution in [0.4, 0.5) is 10.8 Å². The fraction of sp³-hybridized carbons (Fsp3) is 0.136. The molecule has 0 N–H and O–H groups in total. The predicted molar refractivity (Wildman–Crippen MR) is 119 cm³/mol. The van der Waals surface area contributed by atoms with Crippen molar-refractivity contribution in [3.8, 4) is 11.5 Å². The zero-order valence-electron chi connectivity index (χ0n) is 16.4. The number of anilines is 2. The van der Waals surface area contributed by atoms with Crippen LogP contribution < -0.4 is 14.4 Å². The van der Waals surface area contributed by atoms with E-state index in [1.165, 1.54) is 22.7 Å². The van der Waals surface area contributed by atoms with Crippen molar-refractivity contribution in [2.45, 2.75) is 13.5 Å². The Kier molecular flexibility index (Phi) is 6.06. The monoisotopic (exact) mass is 437 g/mol. The average molecular weight is 438 g/mol. The van der Waals surface area contributed by atoms with Gasteiger partial charge in [0.25, 0.3) is 5.91 Å². The summed E-state index contributed by atoms with van der Waals surface area (Å²) in [6.07, 6.45) is 0. The Balaban J connectivity index is 1.64. The molecule has 6 nitrogen and oxygen atoms in total. The quantitative estimate of drug-likeness (QED) is 0.383. The summed E-state index contributed by atoms with van der Waals surface area (Å²) in [4.78, 5) is 23.8. The number of ether oxygens (including phenoxy) is 2. The smallest absolute Gasteiger partial charge is 0.264 e. The third-order valence-corrected chi connectivity index (χ3v) is 5.86. The molecule has 4 aromatic rings. The topological polar surface area (TPSA) is 64.5 Å². The summed E-state index contributed by atoms with van der Waals surface area (Å²) >= 11 is 2.94. The number of carbonyl (C=O) groups excluding carboxylic acids is 1. The van der Waals surface area contributed by atoms with E-state index in [0.29, 0.717) is 28.8 Å². The first-order chi connectivity index (χ1) is 14.7. The van der Waals surface area contributed by atoms with Crippen LogP contribution in [0.25, 0.3) is 0 Å². The molecule has 0 saturated carbocycles. The van der Waals surface area contributed by atoms with Crippen molar-refractivity contribution < 1.29 is 14.3 Å². The third-order valence-electron chi connectivity index (χ3n) is 4.29. The van der Waals surface area contributed by atoms with Crippen molar-refractivity contribution in [2.24, 2.45) is 0 Å². The molecule has 0 aliphatic carbocycles. The Morgan fingerprint density at radius 1 is 1.10 bits per heavy atom. The molecule has 0 saturated heterocycles. The molecule has 0 radical (unpaired) electrons. The van der Waals surface area contributed by atoms with Crippen molar-refractivity contribution in [1.29, 1.82) is 0 Å². The molecule has 8 heteroatoms. The largest absolute Gasteiger partial charge is 0.493 e. The lowest BCUT2D eigenvalue weighted by molar-refractivity contribution is 0.0999. The maximum atomic E-state index is 13.5. The molecule has 0 aliphatic rings. The number of benzene rings is 2. The molecular formula is C22H19N3O3S2. The summed E-state index contributed by atoms with van der Waals surface area (Å²) in [5.41, 5.74) is 4.70. The summed E-state index contributed by atoms with van der Waals surface area (Å²) in [5, 5.41) is 4.47. The van der Waals surface area contributed by atoms with Gasteiger partial charge in [-0.1, -0.05) is 18.2 Å². The van der Waals surface area contributed by atoms with Crippen LogP contribution in [0.2, 0.25) is 0 Å². The number of para-hydroxylation sites is 1. The van der Waals surface area contributed by atoms with Gasteiger partial charge in [-0.3, -0.25) is 9.69 Å². The molecule has 2 aromatic carbocycles. The highest BCUT2D eigenvalue weighted by Crippen LogP contribution is 2.33. The highest BCUT2D eigenvalue weighted by atomic mass is 32.1. The van der Waals surface area contributed by atoms with E-state index in [1.54, 1.807) is 35.7 Å². The third kappa shape index (κ3) is 4.34. The number of thiazole rings is 2. The molecule has 30 heavy (non-hydrogen) atoms. The van der Waals surface area contributed by atoms with Gasteiger partial charge in [0.05, 0.1) is 29.7 Å². The summed E-state index contributed by atoms with van der Waals surface area (Å²) in [5.74, 6) is 0.845. The standard InChI is InChI=1S/C22H19N3O3S2/c1-15-12-30-22(24-15)25(18-6-4-3-5-7-18)21(26)16-8-9-19(20(10-16)27-2)28-11-17-13-29-14-23-17/h3-10,12-14H,11H2,1-2H3. The van der Waals surface area contributed by atoms with E-state index in [1.807, 2.05) is 48.0 Å². The van der Waals surface area contributed by atoms with E-state index in [2.05, 4.69) is 9.97 Å². The van der Waals surface area contributed by atoms with Gasteiger partial charge < -0.3 is 9.47 Å². The maximum Gasteiger partial charge on any atom is 0.264 e. The molecule has 2 heterocycles. The van der Waals surface area contributed by atoms with Crippen LogP contribution in [0.3, 0.4) is 0 Å². The first-order valence-corrected chi connectivity index (χ1v) is 11.0. The van der Waals surface area contributed by atoms with Crippen LogP contribution in [-0.2, 0) is 6.61 Å². The second-order valence-corrected chi connectivity index (χ2v) is 7.94. The molecule has 2 aromatic heterocycles. The predicted octanol–water partition coefficient (Wildman–Crippen LogP) is 5.47. The number of aryl methyl sites for hydroxylation is 1. The van der Waals surface area contributed by atoms with Gasteiger partial charge in [-0.05, 0) is 37.3 Å². The van der Waals surface area contributed by atoms with Gasteiger partial charge in [-0.2, -0.15) is 0 Å². The minimum absolute atomic E-state index is 0.195. The minimum atomic E-state index is -0.195. The Morgan fingerprint density at radius 2 is 1.93 bits per heavy atom. The lowest BCUT2D eigenvalue weighted by Gasteiger charge is -2.21. The molecule has 0 fully saturated rings. The molecule has 4 rings (SSSR count). The lowest BCUT2D eigenvalue weighted by atomic mass is 10.1. The number of aromatic nitrogens is 2. The number of hydrogen-bond donors (Lipinski definition) is 0. The molecule has 0 atom stereocenters. The molecule has 0 unspecified atom stereocenters. The van der Waals surface area contributed by atoms with Crippen LogP contribution >= 0.6 is 22.7 Å². The zero-order valence-corrected chi connectivity index (χ0v) is 18.1. The number of nitrogens with zero attached hydrogens (tertiary/aromatic N) is 3. The second-order valence-electron chi connectivity index (χ2n) is 6.38. The van der Waals surface area contributed by atoms with Gasteiger partial charge in [0.1, 0.15) is 6.61 Å². The Hall–Kier alpha value is -3.23. The van der Waals surface area contributed by atoms with Crippen molar-refractivity contribution in [1.82, 2.24) is 9.97 Å². The molecule has 1 amide bonds. The molecule has 0 aliphatic heterocycles. The van der Waals surface area contributed by atoms with Crippen LogP contribution in [0.15, 0.2) is 64.8 Å². The highest BCUT2D eigenvalue weighted by Gasteiger charge is 2.23. The Bertz CT molecular complexity index is 1130. The van der Waals surface area contributed by atoms with Crippen molar-refractivity contribution in [2.75, 3.05) is 12.0 Å². The van der Waals surface area contributed by atoms with Gasteiger partial charge in [-0.15, -0.1) is 22.7 Å². The number of methoxy groups -OCH3 is 1. The minimum Gasteiger partial charge on any atom is -0.493 e. The van der Waals surface area contributed by atoms with Gasteiger partial charge in [-0.25, -0.2) is 9.97 Å². The van der Waals surface area contributed by atoms with Crippen molar-refractivity contribution in [3.63, 3.8) is 0 Å². The first kappa shape index (κ1) is 20.1. The molecular weight excluding hydrogens is 418 g/mol. The Morgan fingerprint density at radius 3 is 2.60 bits per heavy atom. The van der Waals surface area contributed by atoms with Crippen molar-refractivity contribution in [3.05, 3.63) is 81.8 Å². The fourth-order valence-electron chi connectivity index (χ4n) is 2.85. The SMILES string of the molecule is COc1cc(C(=O)N(c2ccccc2)c2nc(C)cs2)ccc1OCc1cscn1. The second kappa shape index (κ2) is 9.06. The van der Waals surface area contributed by atoms with Crippen LogP contribution in [0.1, 0.15) is 21.7 Å². The van der Waals surface area contributed by atoms with Crippen LogP contribution in [-0.4, -0.2) is 23.0 Å². The highest BCUT2D eigenvalue weighted by molar-refractivity contribution is 7.14. The zero-order chi connectivity index (χ0) is 20.9. The van der Waals surface area contributed by atoms with E-state index in [4.69, 9.17) is 9.47 Å². The number of amides is 1. The average Bonchev–Trinajstić information content (AvgIpc) is 3.45. The van der Waals surface area contributed by atoms with Gasteiger partial charge in [0, 0.05) is 16.3 Å². The molecule has 0 spiro atoms. The van der Waals surface area contributed by atoms with Crippen LogP contribution in [0.5, 0.6) is 11.5 Å². The van der Waals surface area contributed by atoms with E-state index < -0.39 is 0 Å². The number of carbonyl (C=O) groups is 1. The van der Waals surface area contributed by atoms with E-state index in [9.17, 15) is 4.79 Å². The van der Waals surface area contributed by atoms with Crippen LogP contribution in [0, 0.1) is 6.92 Å². The lowest BCUT2D eigenvalue weighted by Crippen LogP contribution is -2.26. The number of rotatable bonds is 7. The summed E-state index contributed by atoms with van der Waals surface area (Å²) in [7, 11) is 1.55. The fourth-order valence-corrected chi connectivity index (χ4v) is 4.21. The van der Waals surface area contributed by atoms with Crippen molar-refractivity contribution >= 4 is 39.4 Å². The van der Waals surface area contributed by atoms with Gasteiger partial charge in [0.2, 0.25) is 0 Å². The summed E-state index contributed by atoms with van der Waals surface area (Å²) < 4.78 is 11.3. The maximum absolute atomic E-state index is 13.5. The summed E-state index contributed by atoms with van der Waals surface area (Å²) in [6, 6.07) is 14.6. The van der Waals surface area contributed by atoms with Gasteiger partial charge >= 0.3 is 0 Å².